The Labute approximate surface area is 177 Å². The number of nitrogens with zero attached hydrogens (tertiary/aromatic N) is 3. The predicted molar refractivity (Wildman–Crippen MR) is 110 cm³/mol. The lowest BCUT2D eigenvalue weighted by molar-refractivity contribution is -0.152. The van der Waals surface area contributed by atoms with Crippen molar-refractivity contribution in [3.8, 4) is 0 Å². The quantitative estimate of drug-likeness (QED) is 0.549. The molecule has 1 aliphatic rings. The second-order valence-corrected chi connectivity index (χ2v) is 9.30. The van der Waals surface area contributed by atoms with E-state index in [4.69, 9.17) is 4.74 Å². The number of sulfonamides is 1. The van der Waals surface area contributed by atoms with Crippen molar-refractivity contribution < 1.29 is 27.5 Å². The van der Waals surface area contributed by atoms with E-state index in [2.05, 4.69) is 0 Å². The standard InChI is InChI=1S/C20H29N3O6S/c1-4-29-20(26)16-9-8-12-23(13-16)19(25)14-21(2)18(24)15-22(3)30(27,28)17-10-6-5-7-11-17/h5-7,10-11,16H,4,8-9,12-15H2,1-3H3. The maximum Gasteiger partial charge on any atom is 0.310 e. The van der Waals surface area contributed by atoms with E-state index in [0.29, 0.717) is 26.0 Å². The Kier molecular flexibility index (Phi) is 8.36. The average Bonchev–Trinajstić information content (AvgIpc) is 2.74. The first-order valence-electron chi connectivity index (χ1n) is 9.86. The molecule has 1 atom stereocenters. The van der Waals surface area contributed by atoms with Crippen LogP contribution in [0.4, 0.5) is 0 Å². The Balaban J connectivity index is 1.92. The molecule has 0 bridgehead atoms. The van der Waals surface area contributed by atoms with Crippen molar-refractivity contribution in [3.05, 3.63) is 30.3 Å². The molecule has 0 N–H and O–H groups in total. The van der Waals surface area contributed by atoms with Gasteiger partial charge in [-0.05, 0) is 31.9 Å². The largest absolute Gasteiger partial charge is 0.466 e. The van der Waals surface area contributed by atoms with E-state index in [1.807, 2.05) is 0 Å². The van der Waals surface area contributed by atoms with Crippen molar-refractivity contribution in [1.29, 1.82) is 0 Å². The van der Waals surface area contributed by atoms with Crippen LogP contribution in [-0.2, 0) is 29.1 Å². The second kappa shape index (κ2) is 10.5. The highest BCUT2D eigenvalue weighted by atomic mass is 32.2. The number of ether oxygens (including phenoxy) is 1. The summed E-state index contributed by atoms with van der Waals surface area (Å²) in [6, 6.07) is 7.83. The van der Waals surface area contributed by atoms with Gasteiger partial charge in [-0.15, -0.1) is 0 Å². The molecule has 1 heterocycles. The van der Waals surface area contributed by atoms with Gasteiger partial charge in [0, 0.05) is 27.2 Å². The normalized spacial score (nSPS) is 16.9. The second-order valence-electron chi connectivity index (χ2n) is 7.25. The number of likely N-dealkylation sites (N-methyl/N-ethyl adjacent to an activating group) is 2. The fourth-order valence-electron chi connectivity index (χ4n) is 3.22. The van der Waals surface area contributed by atoms with Gasteiger partial charge in [-0.3, -0.25) is 14.4 Å². The van der Waals surface area contributed by atoms with Crippen LogP contribution in [0.15, 0.2) is 35.2 Å². The number of piperidine rings is 1. The number of likely N-dealkylation sites (tertiary alicyclic amines) is 1. The van der Waals surface area contributed by atoms with Crippen LogP contribution in [-0.4, -0.2) is 87.2 Å². The molecule has 0 radical (unpaired) electrons. The van der Waals surface area contributed by atoms with Crippen molar-refractivity contribution in [2.45, 2.75) is 24.7 Å². The van der Waals surface area contributed by atoms with E-state index >= 15 is 0 Å². The highest BCUT2D eigenvalue weighted by Crippen LogP contribution is 2.18. The topological polar surface area (TPSA) is 104 Å². The van der Waals surface area contributed by atoms with Gasteiger partial charge >= 0.3 is 5.97 Å². The lowest BCUT2D eigenvalue weighted by Gasteiger charge is -2.32. The molecule has 1 fully saturated rings. The third-order valence-electron chi connectivity index (χ3n) is 5.00. The summed E-state index contributed by atoms with van der Waals surface area (Å²) in [4.78, 5) is 39.9. The van der Waals surface area contributed by atoms with E-state index in [1.54, 1.807) is 30.0 Å². The van der Waals surface area contributed by atoms with Crippen molar-refractivity contribution in [2.75, 3.05) is 46.9 Å². The van der Waals surface area contributed by atoms with Crippen LogP contribution < -0.4 is 0 Å². The fraction of sp³-hybridized carbons (Fsp3) is 0.550. The van der Waals surface area contributed by atoms with Gasteiger partial charge in [0.25, 0.3) is 0 Å². The van der Waals surface area contributed by atoms with Crippen molar-refractivity contribution in [3.63, 3.8) is 0 Å². The number of hydrogen-bond donors (Lipinski definition) is 0. The van der Waals surface area contributed by atoms with E-state index < -0.39 is 15.9 Å². The fourth-order valence-corrected chi connectivity index (χ4v) is 4.36. The van der Waals surface area contributed by atoms with Gasteiger partial charge in [-0.1, -0.05) is 18.2 Å². The zero-order chi connectivity index (χ0) is 22.3. The molecule has 1 aromatic carbocycles. The highest BCUT2D eigenvalue weighted by Gasteiger charge is 2.30. The molecule has 1 aromatic rings. The molecule has 2 amide bonds. The minimum Gasteiger partial charge on any atom is -0.466 e. The Morgan fingerprint density at radius 2 is 1.80 bits per heavy atom. The molecule has 9 nitrogen and oxygen atoms in total. The smallest absolute Gasteiger partial charge is 0.310 e. The summed E-state index contributed by atoms with van der Waals surface area (Å²) in [6.07, 6.45) is 1.35. The summed E-state index contributed by atoms with van der Waals surface area (Å²) in [5, 5.41) is 0. The molecule has 30 heavy (non-hydrogen) atoms. The van der Waals surface area contributed by atoms with E-state index in [-0.39, 0.29) is 42.3 Å². The molecule has 0 aliphatic carbocycles. The number of benzene rings is 1. The first kappa shape index (κ1) is 23.8. The Morgan fingerprint density at radius 1 is 1.13 bits per heavy atom. The molecule has 0 saturated carbocycles. The number of carbonyl (C=O) groups is 3. The third-order valence-corrected chi connectivity index (χ3v) is 6.82. The summed E-state index contributed by atoms with van der Waals surface area (Å²) in [6.45, 7) is 2.24. The van der Waals surface area contributed by atoms with Gasteiger partial charge in [0.15, 0.2) is 0 Å². The summed E-state index contributed by atoms with van der Waals surface area (Å²) in [5.74, 6) is -1.45. The number of carbonyl (C=O) groups excluding carboxylic acids is 3. The van der Waals surface area contributed by atoms with Crippen molar-refractivity contribution in [2.24, 2.45) is 5.92 Å². The van der Waals surface area contributed by atoms with Crippen LogP contribution in [0.2, 0.25) is 0 Å². The summed E-state index contributed by atoms with van der Waals surface area (Å²) >= 11 is 0. The lowest BCUT2D eigenvalue weighted by atomic mass is 9.98. The van der Waals surface area contributed by atoms with Gasteiger partial charge in [0.1, 0.15) is 0 Å². The molecular weight excluding hydrogens is 410 g/mol. The SMILES string of the molecule is CCOC(=O)C1CCCN(C(=O)CN(C)C(=O)CN(C)S(=O)(=O)c2ccccc2)C1. The van der Waals surface area contributed by atoms with Gasteiger partial charge < -0.3 is 14.5 Å². The summed E-state index contributed by atoms with van der Waals surface area (Å²) < 4.78 is 31.1. The molecule has 0 spiro atoms. The number of hydrogen-bond acceptors (Lipinski definition) is 6. The van der Waals surface area contributed by atoms with E-state index in [9.17, 15) is 22.8 Å². The molecule has 1 aliphatic heterocycles. The number of amides is 2. The number of rotatable bonds is 8. The zero-order valence-electron chi connectivity index (χ0n) is 17.6. The minimum atomic E-state index is -3.80. The molecule has 166 valence electrons. The Bertz CT molecular complexity index is 859. The first-order chi connectivity index (χ1) is 14.2. The maximum atomic E-state index is 12.6. The van der Waals surface area contributed by atoms with Crippen LogP contribution in [0.3, 0.4) is 0 Å². The molecule has 1 saturated heterocycles. The van der Waals surface area contributed by atoms with Gasteiger partial charge in [0.05, 0.1) is 30.5 Å². The van der Waals surface area contributed by atoms with Gasteiger partial charge in [-0.2, -0.15) is 4.31 Å². The molecular formula is C20H29N3O6S. The van der Waals surface area contributed by atoms with Crippen molar-refractivity contribution in [1.82, 2.24) is 14.1 Å². The Hall–Kier alpha value is -2.46. The van der Waals surface area contributed by atoms with Crippen LogP contribution >= 0.6 is 0 Å². The van der Waals surface area contributed by atoms with Gasteiger partial charge in [0.2, 0.25) is 21.8 Å². The van der Waals surface area contributed by atoms with Gasteiger partial charge in [-0.25, -0.2) is 8.42 Å². The van der Waals surface area contributed by atoms with Crippen LogP contribution in [0, 0.1) is 5.92 Å². The average molecular weight is 440 g/mol. The zero-order valence-corrected chi connectivity index (χ0v) is 18.4. The van der Waals surface area contributed by atoms with Crippen LogP contribution in [0.5, 0.6) is 0 Å². The molecule has 2 rings (SSSR count). The number of esters is 1. The molecule has 0 aromatic heterocycles. The first-order valence-corrected chi connectivity index (χ1v) is 11.3. The molecule has 10 heteroatoms. The van der Waals surface area contributed by atoms with Crippen molar-refractivity contribution >= 4 is 27.8 Å². The van der Waals surface area contributed by atoms with E-state index in [0.717, 1.165) is 4.31 Å². The molecule has 1 unspecified atom stereocenters. The summed E-state index contributed by atoms with van der Waals surface area (Å²) in [5.41, 5.74) is 0. The Morgan fingerprint density at radius 3 is 2.43 bits per heavy atom. The van der Waals surface area contributed by atoms with Crippen LogP contribution in [0.25, 0.3) is 0 Å². The third kappa shape index (κ3) is 6.02. The minimum absolute atomic E-state index is 0.0948. The lowest BCUT2D eigenvalue weighted by Crippen LogP contribution is -2.48. The summed E-state index contributed by atoms with van der Waals surface area (Å²) in [7, 11) is -1.02. The van der Waals surface area contributed by atoms with E-state index in [1.165, 1.54) is 31.1 Å². The predicted octanol–water partition coefficient (Wildman–Crippen LogP) is 0.567. The van der Waals surface area contributed by atoms with Crippen LogP contribution in [0.1, 0.15) is 19.8 Å². The maximum absolute atomic E-state index is 12.6. The monoisotopic (exact) mass is 439 g/mol. The highest BCUT2D eigenvalue weighted by molar-refractivity contribution is 7.89.